The Hall–Kier alpha value is -0.370. The molecule has 0 heterocycles. The van der Waals surface area contributed by atoms with Crippen molar-refractivity contribution in [2.75, 3.05) is 0 Å². The second-order valence-electron chi connectivity index (χ2n) is 3.38. The van der Waals surface area contributed by atoms with Crippen molar-refractivity contribution >= 4 is 5.78 Å². The molecule has 1 atom stereocenters. The van der Waals surface area contributed by atoms with Crippen LogP contribution in [-0.2, 0) is 9.53 Å². The zero-order chi connectivity index (χ0) is 9.02. The summed E-state index contributed by atoms with van der Waals surface area (Å²) in [6, 6.07) is 0. The first-order valence-electron chi connectivity index (χ1n) is 4.14. The maximum absolute atomic E-state index is 11.3. The molecule has 0 saturated heterocycles. The molecule has 0 rings (SSSR count). The quantitative estimate of drug-likeness (QED) is 0.625. The molecule has 0 aromatic rings. The molecule has 0 unspecified atom stereocenters. The zero-order valence-electron chi connectivity index (χ0n) is 8.05. The van der Waals surface area contributed by atoms with Gasteiger partial charge in [-0.05, 0) is 20.8 Å². The normalized spacial score (nSPS) is 14.1. The highest BCUT2D eigenvalue weighted by Crippen LogP contribution is 2.05. The van der Waals surface area contributed by atoms with Crippen LogP contribution in [0.1, 0.15) is 34.6 Å². The number of rotatable bonds is 4. The maximum Gasteiger partial charge on any atom is 0.163 e. The highest BCUT2D eigenvalue weighted by atomic mass is 16.5. The van der Waals surface area contributed by atoms with E-state index in [-0.39, 0.29) is 23.9 Å². The van der Waals surface area contributed by atoms with E-state index in [9.17, 15) is 4.79 Å². The van der Waals surface area contributed by atoms with Crippen molar-refractivity contribution in [3.8, 4) is 0 Å². The third-order valence-electron chi connectivity index (χ3n) is 1.45. The first-order valence-corrected chi connectivity index (χ1v) is 4.14. The molecule has 11 heavy (non-hydrogen) atoms. The third kappa shape index (κ3) is 4.14. The minimum absolute atomic E-state index is 0.0729. The molecule has 0 fully saturated rings. The zero-order valence-corrected chi connectivity index (χ0v) is 8.05. The van der Waals surface area contributed by atoms with E-state index < -0.39 is 0 Å². The molecule has 0 amide bonds. The van der Waals surface area contributed by atoms with Crippen molar-refractivity contribution in [3.63, 3.8) is 0 Å². The van der Waals surface area contributed by atoms with Gasteiger partial charge in [-0.25, -0.2) is 0 Å². The van der Waals surface area contributed by atoms with E-state index >= 15 is 0 Å². The van der Waals surface area contributed by atoms with Gasteiger partial charge in [0, 0.05) is 5.92 Å². The summed E-state index contributed by atoms with van der Waals surface area (Å²) in [5, 5.41) is 0. The van der Waals surface area contributed by atoms with Gasteiger partial charge in [0.25, 0.3) is 0 Å². The molecular weight excluding hydrogens is 140 g/mol. The van der Waals surface area contributed by atoms with Gasteiger partial charge in [-0.2, -0.15) is 0 Å². The Bertz CT molecular complexity index is 128. The monoisotopic (exact) mass is 158 g/mol. The lowest BCUT2D eigenvalue weighted by atomic mass is 10.1. The van der Waals surface area contributed by atoms with E-state index in [1.165, 1.54) is 0 Å². The average Bonchev–Trinajstić information content (AvgIpc) is 1.84. The van der Waals surface area contributed by atoms with Crippen LogP contribution in [0.25, 0.3) is 0 Å². The van der Waals surface area contributed by atoms with Crippen LogP contribution in [-0.4, -0.2) is 18.0 Å². The number of hydrogen-bond donors (Lipinski definition) is 0. The van der Waals surface area contributed by atoms with Crippen LogP contribution in [0.4, 0.5) is 0 Å². The van der Waals surface area contributed by atoms with Crippen molar-refractivity contribution in [2.24, 2.45) is 5.92 Å². The van der Waals surface area contributed by atoms with E-state index in [2.05, 4.69) is 0 Å². The summed E-state index contributed by atoms with van der Waals surface area (Å²) < 4.78 is 5.32. The van der Waals surface area contributed by atoms with Crippen LogP contribution in [0.5, 0.6) is 0 Å². The first kappa shape index (κ1) is 10.6. The molecule has 0 saturated carbocycles. The fourth-order valence-corrected chi connectivity index (χ4v) is 0.945. The Morgan fingerprint density at radius 2 is 1.55 bits per heavy atom. The average molecular weight is 158 g/mol. The standard InChI is InChI=1S/C9H18O2/c1-6(2)9(10)8(5)11-7(3)4/h6-8H,1-5H3/t8-/m0/s1. The predicted molar refractivity (Wildman–Crippen MR) is 45.5 cm³/mol. The van der Waals surface area contributed by atoms with Crippen LogP contribution in [0.2, 0.25) is 0 Å². The molecule has 0 aromatic heterocycles. The van der Waals surface area contributed by atoms with Gasteiger partial charge in [-0.1, -0.05) is 13.8 Å². The summed E-state index contributed by atoms with van der Waals surface area (Å²) in [7, 11) is 0. The Morgan fingerprint density at radius 1 is 1.09 bits per heavy atom. The molecule has 2 nitrogen and oxygen atoms in total. The lowest BCUT2D eigenvalue weighted by Gasteiger charge is -2.16. The number of Topliss-reactive ketones (excluding diaryl/α,β-unsaturated/α-hetero) is 1. The van der Waals surface area contributed by atoms with Crippen molar-refractivity contribution in [2.45, 2.75) is 46.8 Å². The van der Waals surface area contributed by atoms with E-state index in [1.54, 1.807) is 0 Å². The molecule has 0 radical (unpaired) electrons. The largest absolute Gasteiger partial charge is 0.368 e. The lowest BCUT2D eigenvalue weighted by molar-refractivity contribution is -0.135. The molecule has 2 heteroatoms. The Kier molecular flexibility index (Phi) is 4.34. The SMILES string of the molecule is CC(C)O[C@@H](C)C(=O)C(C)C. The van der Waals surface area contributed by atoms with E-state index in [4.69, 9.17) is 4.74 Å². The fraction of sp³-hybridized carbons (Fsp3) is 0.889. The molecule has 0 spiro atoms. The highest BCUT2D eigenvalue weighted by molar-refractivity contribution is 5.84. The number of carbonyl (C=O) groups is 1. The lowest BCUT2D eigenvalue weighted by Crippen LogP contribution is -2.27. The minimum Gasteiger partial charge on any atom is -0.368 e. The van der Waals surface area contributed by atoms with E-state index in [1.807, 2.05) is 34.6 Å². The molecule has 0 N–H and O–H groups in total. The second-order valence-corrected chi connectivity index (χ2v) is 3.38. The topological polar surface area (TPSA) is 26.3 Å². The van der Waals surface area contributed by atoms with Crippen LogP contribution < -0.4 is 0 Å². The van der Waals surface area contributed by atoms with Crippen LogP contribution in [0.3, 0.4) is 0 Å². The van der Waals surface area contributed by atoms with Gasteiger partial charge in [0.15, 0.2) is 5.78 Å². The smallest absolute Gasteiger partial charge is 0.163 e. The minimum atomic E-state index is -0.255. The molecule has 0 aliphatic heterocycles. The Balaban J connectivity index is 3.83. The summed E-state index contributed by atoms with van der Waals surface area (Å²) in [5.41, 5.74) is 0. The van der Waals surface area contributed by atoms with Crippen molar-refractivity contribution < 1.29 is 9.53 Å². The van der Waals surface area contributed by atoms with E-state index in [0.29, 0.717) is 0 Å². The summed E-state index contributed by atoms with van der Waals surface area (Å²) in [6.45, 7) is 9.46. The van der Waals surface area contributed by atoms with Gasteiger partial charge in [0.2, 0.25) is 0 Å². The summed E-state index contributed by atoms with van der Waals surface area (Å²) >= 11 is 0. The number of hydrogen-bond acceptors (Lipinski definition) is 2. The van der Waals surface area contributed by atoms with Gasteiger partial charge in [0.05, 0.1) is 6.10 Å². The van der Waals surface area contributed by atoms with Gasteiger partial charge >= 0.3 is 0 Å². The number of ketones is 1. The molecular formula is C9H18O2. The second kappa shape index (κ2) is 4.50. The predicted octanol–water partition coefficient (Wildman–Crippen LogP) is 2.02. The molecule has 0 aliphatic carbocycles. The fourth-order valence-electron chi connectivity index (χ4n) is 0.945. The number of ether oxygens (including phenoxy) is 1. The van der Waals surface area contributed by atoms with Crippen molar-refractivity contribution in [1.82, 2.24) is 0 Å². The molecule has 0 bridgehead atoms. The van der Waals surface area contributed by atoms with Gasteiger partial charge in [-0.3, -0.25) is 4.79 Å². The maximum atomic E-state index is 11.3. The number of carbonyl (C=O) groups excluding carboxylic acids is 1. The van der Waals surface area contributed by atoms with E-state index in [0.717, 1.165) is 0 Å². The summed E-state index contributed by atoms with van der Waals surface area (Å²) in [6.07, 6.45) is -0.123. The van der Waals surface area contributed by atoms with Crippen LogP contribution in [0, 0.1) is 5.92 Å². The van der Waals surface area contributed by atoms with Crippen LogP contribution >= 0.6 is 0 Å². The first-order chi connectivity index (χ1) is 4.95. The molecule has 0 aliphatic rings. The molecule has 66 valence electrons. The summed E-state index contributed by atoms with van der Waals surface area (Å²) in [4.78, 5) is 11.3. The summed E-state index contributed by atoms with van der Waals surface area (Å²) in [5.74, 6) is 0.252. The Morgan fingerprint density at radius 3 is 1.82 bits per heavy atom. The molecule has 0 aromatic carbocycles. The highest BCUT2D eigenvalue weighted by Gasteiger charge is 2.17. The van der Waals surface area contributed by atoms with Crippen molar-refractivity contribution in [3.05, 3.63) is 0 Å². The third-order valence-corrected chi connectivity index (χ3v) is 1.45. The van der Waals surface area contributed by atoms with Gasteiger partial charge in [0.1, 0.15) is 6.10 Å². The van der Waals surface area contributed by atoms with Gasteiger partial charge < -0.3 is 4.74 Å². The van der Waals surface area contributed by atoms with Crippen LogP contribution in [0.15, 0.2) is 0 Å². The Labute approximate surface area is 68.9 Å². The van der Waals surface area contributed by atoms with Crippen molar-refractivity contribution in [1.29, 1.82) is 0 Å². The van der Waals surface area contributed by atoms with Gasteiger partial charge in [-0.15, -0.1) is 0 Å².